The van der Waals surface area contributed by atoms with Crippen molar-refractivity contribution in [2.75, 3.05) is 11.6 Å². The minimum Gasteiger partial charge on any atom is -0.463 e. The van der Waals surface area contributed by atoms with Crippen LogP contribution in [-0.2, 0) is 15.2 Å². The van der Waals surface area contributed by atoms with Crippen molar-refractivity contribution in [2.24, 2.45) is 10.7 Å². The molecule has 3 N–H and O–H groups in total. The zero-order valence-corrected chi connectivity index (χ0v) is 14.8. The van der Waals surface area contributed by atoms with Gasteiger partial charge in [0.1, 0.15) is 5.56 Å². The Kier molecular flexibility index (Phi) is 3.81. The molecule has 9 heteroatoms. The number of carbonyl (C=O) groups excluding carboxylic acids is 2. The number of benzene rings is 1. The van der Waals surface area contributed by atoms with E-state index in [1.54, 1.807) is 18.1 Å². The summed E-state index contributed by atoms with van der Waals surface area (Å²) in [7, 11) is 0. The van der Waals surface area contributed by atoms with Gasteiger partial charge in [0.2, 0.25) is 0 Å². The number of primary amides is 1. The molecule has 0 fully saturated rings. The maximum atomic E-state index is 13.1. The van der Waals surface area contributed by atoms with E-state index in [2.05, 4.69) is 15.5 Å². The van der Waals surface area contributed by atoms with Crippen molar-refractivity contribution < 1.29 is 14.3 Å². The second kappa shape index (κ2) is 6.06. The molecule has 2 aromatic rings. The summed E-state index contributed by atoms with van der Waals surface area (Å²) in [5, 5.41) is 6.01. The van der Waals surface area contributed by atoms with Gasteiger partial charge in [-0.15, -0.1) is 0 Å². The summed E-state index contributed by atoms with van der Waals surface area (Å²) < 4.78 is 6.70. The van der Waals surface area contributed by atoms with Crippen LogP contribution in [0.1, 0.15) is 24.2 Å². The fourth-order valence-corrected chi connectivity index (χ4v) is 3.36. The summed E-state index contributed by atoms with van der Waals surface area (Å²) in [5.41, 5.74) is 9.46. The number of anilines is 1. The number of allylic oxidation sites excluding steroid dienone is 1. The van der Waals surface area contributed by atoms with Crippen molar-refractivity contribution in [3.8, 4) is 0 Å². The highest BCUT2D eigenvalue weighted by Gasteiger charge is 2.56. The highest BCUT2D eigenvalue weighted by molar-refractivity contribution is 6.03. The number of aromatic nitrogens is 2. The topological polar surface area (TPSA) is 115 Å². The van der Waals surface area contributed by atoms with Gasteiger partial charge < -0.3 is 10.5 Å². The first-order valence-corrected chi connectivity index (χ1v) is 8.44. The second-order valence-electron chi connectivity index (χ2n) is 6.13. The zero-order chi connectivity index (χ0) is 19.2. The SMILES string of the molecule is CCOC(=O)C12NN(c3ccccc3)C(C)=C1C=Nc1c(C(N)=O)cnn12. The molecule has 9 nitrogen and oxygen atoms in total. The number of hydrazine groups is 1. The molecule has 4 rings (SSSR count). The average Bonchev–Trinajstić information content (AvgIpc) is 3.23. The third-order valence-corrected chi connectivity index (χ3v) is 4.62. The first kappa shape index (κ1) is 17.0. The Morgan fingerprint density at radius 3 is 2.70 bits per heavy atom. The van der Waals surface area contributed by atoms with Gasteiger partial charge in [-0.1, -0.05) is 18.2 Å². The third-order valence-electron chi connectivity index (χ3n) is 4.62. The number of carbonyl (C=O) groups is 2. The molecule has 3 heterocycles. The van der Waals surface area contributed by atoms with E-state index in [1.807, 2.05) is 37.3 Å². The summed E-state index contributed by atoms with van der Waals surface area (Å²) in [6, 6.07) is 9.51. The lowest BCUT2D eigenvalue weighted by Gasteiger charge is -2.33. The number of amides is 1. The molecule has 1 aromatic heterocycles. The van der Waals surface area contributed by atoms with Crippen LogP contribution in [-0.4, -0.2) is 34.5 Å². The third kappa shape index (κ3) is 2.28. The van der Waals surface area contributed by atoms with Crippen molar-refractivity contribution in [1.29, 1.82) is 0 Å². The molecule has 1 aromatic carbocycles. The first-order valence-electron chi connectivity index (χ1n) is 8.44. The molecule has 0 saturated carbocycles. The molecule has 1 atom stereocenters. The molecule has 0 saturated heterocycles. The van der Waals surface area contributed by atoms with Crippen molar-refractivity contribution >= 4 is 29.6 Å². The number of rotatable bonds is 4. The van der Waals surface area contributed by atoms with E-state index in [1.165, 1.54) is 10.9 Å². The number of nitrogens with two attached hydrogens (primary N) is 1. The summed E-state index contributed by atoms with van der Waals surface area (Å²) in [5.74, 6) is -1.02. The van der Waals surface area contributed by atoms with Crippen LogP contribution in [0.3, 0.4) is 0 Å². The van der Waals surface area contributed by atoms with Crippen LogP contribution in [0.15, 0.2) is 52.8 Å². The number of nitrogens with one attached hydrogen (secondary N) is 1. The second-order valence-corrected chi connectivity index (χ2v) is 6.13. The lowest BCUT2D eigenvalue weighted by molar-refractivity contribution is -0.153. The van der Waals surface area contributed by atoms with Crippen LogP contribution in [0.4, 0.5) is 11.5 Å². The Balaban J connectivity index is 1.92. The van der Waals surface area contributed by atoms with Crippen molar-refractivity contribution in [3.63, 3.8) is 0 Å². The fourth-order valence-electron chi connectivity index (χ4n) is 3.36. The number of esters is 1. The van der Waals surface area contributed by atoms with Gasteiger partial charge in [-0.05, 0) is 26.0 Å². The van der Waals surface area contributed by atoms with Gasteiger partial charge in [0.25, 0.3) is 11.6 Å². The van der Waals surface area contributed by atoms with Crippen molar-refractivity contribution in [3.05, 3.63) is 53.4 Å². The fraction of sp³-hybridized carbons (Fsp3) is 0.222. The maximum Gasteiger partial charge on any atom is 0.355 e. The van der Waals surface area contributed by atoms with Crippen LogP contribution in [0.25, 0.3) is 0 Å². The molecular formula is C18H18N6O3. The molecule has 138 valence electrons. The van der Waals surface area contributed by atoms with Gasteiger partial charge in [-0.3, -0.25) is 9.80 Å². The molecule has 0 bridgehead atoms. The van der Waals surface area contributed by atoms with Crippen LogP contribution < -0.4 is 16.2 Å². The average molecular weight is 366 g/mol. The predicted molar refractivity (Wildman–Crippen MR) is 98.3 cm³/mol. The van der Waals surface area contributed by atoms with Gasteiger partial charge in [0.15, 0.2) is 5.82 Å². The number of hydrogen-bond donors (Lipinski definition) is 2. The Hall–Kier alpha value is -3.46. The molecule has 0 spiro atoms. The Bertz CT molecular complexity index is 994. The van der Waals surface area contributed by atoms with Gasteiger partial charge in [-0.25, -0.2) is 14.5 Å². The number of hydrogen-bond acceptors (Lipinski definition) is 7. The maximum absolute atomic E-state index is 13.1. The van der Waals surface area contributed by atoms with E-state index in [4.69, 9.17) is 10.5 Å². The first-order chi connectivity index (χ1) is 13.0. The van der Waals surface area contributed by atoms with Gasteiger partial charge in [0.05, 0.1) is 18.5 Å². The van der Waals surface area contributed by atoms with Gasteiger partial charge >= 0.3 is 5.97 Å². The van der Waals surface area contributed by atoms with Crippen LogP contribution in [0.5, 0.6) is 0 Å². The minimum absolute atomic E-state index is 0.131. The molecule has 2 aliphatic heterocycles. The number of ether oxygens (including phenoxy) is 1. The van der Waals surface area contributed by atoms with Crippen LogP contribution >= 0.6 is 0 Å². The highest BCUT2D eigenvalue weighted by Crippen LogP contribution is 2.42. The largest absolute Gasteiger partial charge is 0.463 e. The van der Waals surface area contributed by atoms with E-state index in [0.717, 1.165) is 11.4 Å². The van der Waals surface area contributed by atoms with Crippen LogP contribution in [0.2, 0.25) is 0 Å². The van der Waals surface area contributed by atoms with E-state index >= 15 is 0 Å². The summed E-state index contributed by atoms with van der Waals surface area (Å²) in [4.78, 5) is 29.1. The Morgan fingerprint density at radius 2 is 2.04 bits per heavy atom. The van der Waals surface area contributed by atoms with E-state index in [0.29, 0.717) is 5.57 Å². The number of fused-ring (bicyclic) bond motifs is 3. The monoisotopic (exact) mass is 366 g/mol. The highest BCUT2D eigenvalue weighted by atomic mass is 16.5. The molecule has 1 amide bonds. The minimum atomic E-state index is -1.47. The Labute approximate surface area is 155 Å². The molecule has 27 heavy (non-hydrogen) atoms. The number of nitrogens with zero attached hydrogens (tertiary/aromatic N) is 4. The molecule has 0 aliphatic carbocycles. The smallest absolute Gasteiger partial charge is 0.355 e. The van der Waals surface area contributed by atoms with E-state index < -0.39 is 17.5 Å². The predicted octanol–water partition coefficient (Wildman–Crippen LogP) is 1.21. The molecule has 2 aliphatic rings. The molecular weight excluding hydrogens is 348 g/mol. The van der Waals surface area contributed by atoms with E-state index in [-0.39, 0.29) is 18.0 Å². The summed E-state index contributed by atoms with van der Waals surface area (Å²) in [6.45, 7) is 3.78. The van der Waals surface area contributed by atoms with Crippen molar-refractivity contribution in [1.82, 2.24) is 15.2 Å². The van der Waals surface area contributed by atoms with Gasteiger partial charge in [-0.2, -0.15) is 10.5 Å². The summed E-state index contributed by atoms with van der Waals surface area (Å²) >= 11 is 0. The quantitative estimate of drug-likeness (QED) is 0.786. The van der Waals surface area contributed by atoms with Crippen LogP contribution in [0, 0.1) is 0 Å². The number of para-hydroxylation sites is 1. The zero-order valence-electron chi connectivity index (χ0n) is 14.8. The Morgan fingerprint density at radius 1 is 1.30 bits per heavy atom. The van der Waals surface area contributed by atoms with E-state index in [9.17, 15) is 9.59 Å². The lowest BCUT2D eigenvalue weighted by Crippen LogP contribution is -2.58. The summed E-state index contributed by atoms with van der Waals surface area (Å²) in [6.07, 6.45) is 2.85. The van der Waals surface area contributed by atoms with Gasteiger partial charge in [0, 0.05) is 17.5 Å². The lowest BCUT2D eigenvalue weighted by atomic mass is 9.99. The molecule has 0 radical (unpaired) electrons. The number of aliphatic imine (C=N–C) groups is 1. The standard InChI is InChI=1S/C18H18N6O3/c1-3-27-17(26)18-14(10-20-16-13(15(19)25)9-21-24(16)18)11(2)23(22-18)12-7-5-4-6-8-12/h4-10,22H,3H2,1-2H3,(H2,19,25). The normalized spacial score (nSPS) is 20.4. The molecule has 1 unspecified atom stereocenters. The van der Waals surface area contributed by atoms with Crippen molar-refractivity contribution in [2.45, 2.75) is 19.5 Å².